The molecular formula is CH3Na22O3+21. The molecular weight excluding hydrogens is 566 g/mol. The molecule has 0 amide bonds. The summed E-state index contributed by atoms with van der Waals surface area (Å²) in [6.07, 6.45) is 0. The fraction of sp³-hybridized carbons (Fsp3) is 1.00. The average Bonchev–Trinajstić information content (AvgIpc) is 1.37. The van der Waals surface area contributed by atoms with Gasteiger partial charge in [0.05, 0.1) is 7.11 Å². The Morgan fingerprint density at radius 3 is 0.346 bits per heavy atom. The van der Waals surface area contributed by atoms with E-state index in [1.165, 1.54) is 0 Å². The van der Waals surface area contributed by atoms with E-state index in [1.54, 1.807) is 0 Å². The van der Waals surface area contributed by atoms with Crippen LogP contribution in [0, 0.1) is 0 Å². The summed E-state index contributed by atoms with van der Waals surface area (Å²) in [6, 6.07) is 0. The molecule has 0 aliphatic rings. The average molecular weight is 569 g/mol. The van der Waals surface area contributed by atoms with Crippen LogP contribution < -0.4 is 656 Å². The molecule has 0 radical (unpaired) electrons. The van der Waals surface area contributed by atoms with Crippen molar-refractivity contribution in [2.75, 3.05) is 7.11 Å². The molecule has 0 heterocycles. The van der Waals surface area contributed by atoms with Crippen molar-refractivity contribution in [2.45, 2.75) is 0 Å². The third-order valence-electron chi connectivity index (χ3n) is 0.0680. The SMILES string of the molecule is COO[O-].[Na+].[Na+].[Na+].[Na+].[Na+].[Na+].[Na+].[Na+].[Na+].[Na+].[Na+].[Na+].[Na+].[Na+].[Na+].[Na+].[Na+].[Na+].[Na+].[Na+].[Na+].[Na+]. The van der Waals surface area contributed by atoms with Crippen molar-refractivity contribution in [1.29, 1.82) is 0 Å². The van der Waals surface area contributed by atoms with E-state index >= 15 is 0 Å². The molecule has 0 aromatic heterocycles. The molecule has 0 atom stereocenters. The second-order valence-corrected chi connectivity index (χ2v) is 0.235. The van der Waals surface area contributed by atoms with Crippen molar-refractivity contribution in [1.82, 2.24) is 0 Å². The van der Waals surface area contributed by atoms with E-state index in [2.05, 4.69) is 9.93 Å². The van der Waals surface area contributed by atoms with E-state index in [1.807, 2.05) is 0 Å². The van der Waals surface area contributed by atoms with Crippen molar-refractivity contribution >= 4 is 0 Å². The van der Waals surface area contributed by atoms with Gasteiger partial charge in [0.25, 0.3) is 0 Å². The fourth-order valence-electron chi connectivity index (χ4n) is 0. The Morgan fingerprint density at radius 2 is 0.346 bits per heavy atom. The minimum absolute atomic E-state index is 0. The van der Waals surface area contributed by atoms with Gasteiger partial charge in [0, 0.05) is 0 Å². The number of hydrogen-bond donors (Lipinski definition) is 0. The normalized spacial score (nSPS) is 1.15. The van der Waals surface area contributed by atoms with E-state index in [0.717, 1.165) is 7.11 Å². The predicted octanol–water partition coefficient (Wildman–Crippen LogP) is -67.1. The minimum atomic E-state index is 0. The van der Waals surface area contributed by atoms with Crippen molar-refractivity contribution in [3.63, 3.8) is 0 Å². The molecule has 0 N–H and O–H groups in total. The van der Waals surface area contributed by atoms with Crippen molar-refractivity contribution in [3.05, 3.63) is 0 Å². The topological polar surface area (TPSA) is 41.5 Å². The van der Waals surface area contributed by atoms with E-state index in [9.17, 15) is 0 Å². The molecule has 0 rings (SSSR count). The summed E-state index contributed by atoms with van der Waals surface area (Å²) in [5.41, 5.74) is 0. The van der Waals surface area contributed by atoms with Gasteiger partial charge in [0.1, 0.15) is 0 Å². The molecule has 0 aromatic carbocycles. The van der Waals surface area contributed by atoms with Gasteiger partial charge in [-0.05, 0) is 0 Å². The van der Waals surface area contributed by atoms with Crippen LogP contribution in [0.2, 0.25) is 0 Å². The second kappa shape index (κ2) is 173. The van der Waals surface area contributed by atoms with Crippen LogP contribution in [-0.4, -0.2) is 7.11 Å². The van der Waals surface area contributed by atoms with Gasteiger partial charge in [0.2, 0.25) is 0 Å². The van der Waals surface area contributed by atoms with Crippen molar-refractivity contribution in [3.8, 4) is 0 Å². The van der Waals surface area contributed by atoms with Crippen LogP contribution in [0.25, 0.3) is 0 Å². The summed E-state index contributed by atoms with van der Waals surface area (Å²) in [5, 5.41) is 11.4. The van der Waals surface area contributed by atoms with Gasteiger partial charge in [-0.15, -0.1) is 0 Å². The Labute approximate surface area is 649 Å². The molecule has 0 spiro atoms. The standard InChI is InChI=1S/CH4O3.22Na/c1-3-4-2;;;;;;;;;;;;;;;;;;;;;;/h2H,1H3;;;;;;;;;;;;;;;;;;;;;;/q;22*+1/p-1. The maximum atomic E-state index is 8.58. The predicted molar refractivity (Wildman–Crippen MR) is 8.09 cm³/mol. The van der Waals surface area contributed by atoms with Crippen LogP contribution in [0.1, 0.15) is 0 Å². The molecule has 0 fully saturated rings. The summed E-state index contributed by atoms with van der Waals surface area (Å²) >= 11 is 0. The molecule has 26 heavy (non-hydrogen) atoms. The summed E-state index contributed by atoms with van der Waals surface area (Å²) in [5.74, 6) is 0. The van der Waals surface area contributed by atoms with Gasteiger partial charge >= 0.3 is 650 Å². The van der Waals surface area contributed by atoms with E-state index in [0.29, 0.717) is 0 Å². The molecule has 0 unspecified atom stereocenters. The quantitative estimate of drug-likeness (QED) is 0.179. The molecule has 26 valence electrons. The molecule has 3 nitrogen and oxygen atoms in total. The summed E-state index contributed by atoms with van der Waals surface area (Å²) < 4.78 is 0. The molecule has 0 aromatic rings. The fourth-order valence-corrected chi connectivity index (χ4v) is 0. The first kappa shape index (κ1) is 170. The Hall–Kier alpha value is 21.9. The largest absolute Gasteiger partial charge is 1.00 e. The maximum absolute atomic E-state index is 8.58. The molecule has 0 aliphatic carbocycles. The summed E-state index contributed by atoms with van der Waals surface area (Å²) in [7, 11) is 1.15. The van der Waals surface area contributed by atoms with E-state index in [-0.39, 0.29) is 650 Å². The van der Waals surface area contributed by atoms with Gasteiger partial charge in [-0.25, -0.2) is 4.89 Å². The van der Waals surface area contributed by atoms with Crippen molar-refractivity contribution < 1.29 is 665 Å². The van der Waals surface area contributed by atoms with E-state index < -0.39 is 0 Å². The molecule has 25 heteroatoms. The van der Waals surface area contributed by atoms with Crippen LogP contribution >= 0.6 is 0 Å². The molecule has 0 saturated heterocycles. The maximum Gasteiger partial charge on any atom is 1.00 e. The Kier molecular flexibility index (Phi) is 1130. The summed E-state index contributed by atoms with van der Waals surface area (Å²) in [4.78, 5) is 3.49. The van der Waals surface area contributed by atoms with E-state index in [4.69, 9.17) is 5.26 Å². The number of rotatable bonds is 1. The minimum Gasteiger partial charge on any atom is -0.692 e. The van der Waals surface area contributed by atoms with Crippen LogP contribution in [0.15, 0.2) is 0 Å². The third-order valence-corrected chi connectivity index (χ3v) is 0.0680. The van der Waals surface area contributed by atoms with Crippen LogP contribution in [-0.2, 0) is 9.93 Å². The Balaban J connectivity index is -0.000000000195. The zero-order valence-corrected chi connectivity index (χ0v) is 68.2. The Bertz CT molecular complexity index is 21.3. The van der Waals surface area contributed by atoms with Crippen LogP contribution in [0.4, 0.5) is 0 Å². The van der Waals surface area contributed by atoms with Crippen molar-refractivity contribution in [2.24, 2.45) is 0 Å². The van der Waals surface area contributed by atoms with Gasteiger partial charge in [-0.2, -0.15) is 0 Å². The van der Waals surface area contributed by atoms with Gasteiger partial charge in [-0.1, -0.05) is 0 Å². The van der Waals surface area contributed by atoms with Gasteiger partial charge in [-0.3, -0.25) is 5.04 Å². The third kappa shape index (κ3) is 177. The second-order valence-electron chi connectivity index (χ2n) is 0.235. The van der Waals surface area contributed by atoms with Crippen LogP contribution in [0.5, 0.6) is 0 Å². The summed E-state index contributed by atoms with van der Waals surface area (Å²) in [6.45, 7) is 0. The van der Waals surface area contributed by atoms with Gasteiger partial charge in [0.15, 0.2) is 0 Å². The smallest absolute Gasteiger partial charge is 0.692 e. The van der Waals surface area contributed by atoms with Crippen LogP contribution in [0.3, 0.4) is 0 Å². The molecule has 0 bridgehead atoms. The molecule has 0 aliphatic heterocycles. The van der Waals surface area contributed by atoms with Gasteiger partial charge < -0.3 is 5.26 Å². The first-order chi connectivity index (χ1) is 1.91. The zero-order valence-electron chi connectivity index (χ0n) is 24.2. The Morgan fingerprint density at radius 1 is 0.308 bits per heavy atom. The monoisotopic (exact) mass is 569 g/mol. The molecule has 0 saturated carbocycles. The first-order valence-corrected chi connectivity index (χ1v) is 0.742. The zero-order chi connectivity index (χ0) is 3.41. The first-order valence-electron chi connectivity index (χ1n) is 0.742. The number of hydrogen-bond acceptors (Lipinski definition) is 3.